The fourth-order valence-electron chi connectivity index (χ4n) is 2.79. The summed E-state index contributed by atoms with van der Waals surface area (Å²) < 4.78 is 30.4. The number of anilines is 2. The molecule has 0 unspecified atom stereocenters. The fraction of sp³-hybridized carbons (Fsp3) is 0.278. The molecule has 0 atom stereocenters. The van der Waals surface area contributed by atoms with Gasteiger partial charge in [0, 0.05) is 11.6 Å². The standard InChI is InChI=1S/C18H19N3O5S/c1-18(2)11-27(24,25)21(17(18)23)14-7-4-12(5-8-14)16(22)20-13-6-9-15(26-3)19-10-13/h4-10H,11H2,1-3H3,(H,20,22). The van der Waals surface area contributed by atoms with E-state index in [0.29, 0.717) is 17.1 Å². The first-order valence-electron chi connectivity index (χ1n) is 8.13. The molecule has 1 aliphatic heterocycles. The molecule has 27 heavy (non-hydrogen) atoms. The molecule has 0 bridgehead atoms. The zero-order valence-corrected chi connectivity index (χ0v) is 15.9. The number of benzene rings is 1. The molecule has 2 aromatic rings. The Morgan fingerprint density at radius 3 is 2.33 bits per heavy atom. The summed E-state index contributed by atoms with van der Waals surface area (Å²) in [6, 6.07) is 9.08. The topological polar surface area (TPSA) is 106 Å². The highest BCUT2D eigenvalue weighted by Crippen LogP contribution is 2.35. The van der Waals surface area contributed by atoms with E-state index in [0.717, 1.165) is 4.31 Å². The van der Waals surface area contributed by atoms with Crippen LogP contribution in [-0.4, -0.2) is 38.1 Å². The van der Waals surface area contributed by atoms with Gasteiger partial charge in [0.15, 0.2) is 0 Å². The van der Waals surface area contributed by atoms with Gasteiger partial charge >= 0.3 is 0 Å². The third kappa shape index (κ3) is 3.63. The van der Waals surface area contributed by atoms with Gasteiger partial charge in [0.25, 0.3) is 5.91 Å². The van der Waals surface area contributed by atoms with Crippen molar-refractivity contribution < 1.29 is 22.7 Å². The molecule has 1 N–H and O–H groups in total. The van der Waals surface area contributed by atoms with Crippen LogP contribution in [0, 0.1) is 5.41 Å². The lowest BCUT2D eigenvalue weighted by molar-refractivity contribution is -0.123. The highest BCUT2D eigenvalue weighted by molar-refractivity contribution is 7.94. The van der Waals surface area contributed by atoms with E-state index in [9.17, 15) is 18.0 Å². The lowest BCUT2D eigenvalue weighted by Crippen LogP contribution is -2.32. The number of methoxy groups -OCH3 is 1. The van der Waals surface area contributed by atoms with Crippen molar-refractivity contribution in [3.63, 3.8) is 0 Å². The van der Waals surface area contributed by atoms with Gasteiger partial charge in [0.2, 0.25) is 21.8 Å². The Morgan fingerprint density at radius 1 is 1.19 bits per heavy atom. The number of amides is 2. The normalized spacial score (nSPS) is 17.6. The number of carbonyl (C=O) groups is 2. The number of sulfonamides is 1. The van der Waals surface area contributed by atoms with Gasteiger partial charge in [-0.05, 0) is 44.2 Å². The summed E-state index contributed by atoms with van der Waals surface area (Å²) in [6.07, 6.45) is 1.46. The highest BCUT2D eigenvalue weighted by atomic mass is 32.2. The van der Waals surface area contributed by atoms with Crippen molar-refractivity contribution in [1.29, 1.82) is 0 Å². The Hall–Kier alpha value is -2.94. The van der Waals surface area contributed by atoms with Crippen molar-refractivity contribution >= 4 is 33.2 Å². The fourth-order valence-corrected chi connectivity index (χ4v) is 4.90. The number of carbonyl (C=O) groups excluding carboxylic acids is 2. The third-order valence-electron chi connectivity index (χ3n) is 4.15. The molecule has 142 valence electrons. The van der Waals surface area contributed by atoms with Gasteiger partial charge < -0.3 is 10.1 Å². The van der Waals surface area contributed by atoms with Crippen LogP contribution in [0.2, 0.25) is 0 Å². The Morgan fingerprint density at radius 2 is 1.85 bits per heavy atom. The number of pyridine rings is 1. The first-order chi connectivity index (χ1) is 12.6. The molecule has 2 heterocycles. The molecular formula is C18H19N3O5S. The molecular weight excluding hydrogens is 370 g/mol. The van der Waals surface area contributed by atoms with Gasteiger partial charge in [-0.2, -0.15) is 0 Å². The van der Waals surface area contributed by atoms with E-state index in [-0.39, 0.29) is 17.3 Å². The number of rotatable bonds is 4. The van der Waals surface area contributed by atoms with Gasteiger partial charge in [-0.3, -0.25) is 9.59 Å². The van der Waals surface area contributed by atoms with Crippen LogP contribution in [0.15, 0.2) is 42.6 Å². The smallest absolute Gasteiger partial charge is 0.255 e. The molecule has 0 saturated carbocycles. The van der Waals surface area contributed by atoms with Crippen molar-refractivity contribution in [3.05, 3.63) is 48.2 Å². The maximum atomic E-state index is 12.4. The summed E-state index contributed by atoms with van der Waals surface area (Å²) in [5.41, 5.74) is 0.0472. The molecule has 2 amide bonds. The summed E-state index contributed by atoms with van der Waals surface area (Å²) in [7, 11) is -2.23. The highest BCUT2D eigenvalue weighted by Gasteiger charge is 2.49. The Balaban J connectivity index is 1.78. The second kappa shape index (κ2) is 6.66. The van der Waals surface area contributed by atoms with Crippen molar-refractivity contribution in [3.8, 4) is 5.88 Å². The van der Waals surface area contributed by atoms with Crippen LogP contribution in [0.3, 0.4) is 0 Å². The Kier molecular flexibility index (Phi) is 4.64. The minimum atomic E-state index is -3.72. The zero-order chi connectivity index (χ0) is 19.8. The lowest BCUT2D eigenvalue weighted by Gasteiger charge is -2.17. The quantitative estimate of drug-likeness (QED) is 0.858. The van der Waals surface area contributed by atoms with E-state index in [4.69, 9.17) is 4.74 Å². The van der Waals surface area contributed by atoms with E-state index in [1.165, 1.54) is 37.6 Å². The number of aromatic nitrogens is 1. The summed E-state index contributed by atoms with van der Waals surface area (Å²) in [4.78, 5) is 28.7. The van der Waals surface area contributed by atoms with Crippen molar-refractivity contribution in [2.45, 2.75) is 13.8 Å². The molecule has 1 saturated heterocycles. The number of hydrogen-bond donors (Lipinski definition) is 1. The molecule has 9 heteroatoms. The maximum absolute atomic E-state index is 12.4. The maximum Gasteiger partial charge on any atom is 0.255 e. The predicted molar refractivity (Wildman–Crippen MR) is 100 cm³/mol. The largest absolute Gasteiger partial charge is 0.481 e. The monoisotopic (exact) mass is 389 g/mol. The number of ether oxygens (including phenoxy) is 1. The average Bonchev–Trinajstić information content (AvgIpc) is 2.78. The third-order valence-corrected chi connectivity index (χ3v) is 6.17. The zero-order valence-electron chi connectivity index (χ0n) is 15.1. The summed E-state index contributed by atoms with van der Waals surface area (Å²) >= 11 is 0. The molecule has 0 spiro atoms. The van der Waals surface area contributed by atoms with Crippen LogP contribution in [0.25, 0.3) is 0 Å². The van der Waals surface area contributed by atoms with Crippen LogP contribution < -0.4 is 14.4 Å². The SMILES string of the molecule is COc1ccc(NC(=O)c2ccc(N3C(=O)C(C)(C)CS3(=O)=O)cc2)cn1. The van der Waals surface area contributed by atoms with Gasteiger partial charge in [-0.1, -0.05) is 0 Å². The molecule has 0 radical (unpaired) electrons. The van der Waals surface area contributed by atoms with Crippen LogP contribution in [0.1, 0.15) is 24.2 Å². The number of nitrogens with one attached hydrogen (secondary N) is 1. The van der Waals surface area contributed by atoms with Crippen LogP contribution in [0.4, 0.5) is 11.4 Å². The first kappa shape index (κ1) is 18.8. The van der Waals surface area contributed by atoms with Crippen molar-refractivity contribution in [1.82, 2.24) is 4.98 Å². The second-order valence-electron chi connectivity index (χ2n) is 6.80. The molecule has 0 aliphatic carbocycles. The minimum Gasteiger partial charge on any atom is -0.481 e. The van der Waals surface area contributed by atoms with Gasteiger partial charge in [0.1, 0.15) is 0 Å². The molecule has 1 fully saturated rings. The number of nitrogens with zero attached hydrogens (tertiary/aromatic N) is 2. The molecule has 3 rings (SSSR count). The summed E-state index contributed by atoms with van der Waals surface area (Å²) in [5.74, 6) is -0.684. The number of hydrogen-bond acceptors (Lipinski definition) is 6. The summed E-state index contributed by atoms with van der Waals surface area (Å²) in [6.45, 7) is 3.19. The van der Waals surface area contributed by atoms with E-state index in [2.05, 4.69) is 10.3 Å². The first-order valence-corrected chi connectivity index (χ1v) is 9.74. The lowest BCUT2D eigenvalue weighted by atomic mass is 9.95. The Bertz CT molecular complexity index is 983. The van der Waals surface area contributed by atoms with Crippen LogP contribution >= 0.6 is 0 Å². The van der Waals surface area contributed by atoms with E-state index in [1.807, 2.05) is 0 Å². The van der Waals surface area contributed by atoms with E-state index < -0.39 is 21.3 Å². The Labute approximate surface area is 157 Å². The molecule has 8 nitrogen and oxygen atoms in total. The second-order valence-corrected chi connectivity index (χ2v) is 8.62. The van der Waals surface area contributed by atoms with Gasteiger partial charge in [-0.15, -0.1) is 0 Å². The van der Waals surface area contributed by atoms with Crippen LogP contribution in [-0.2, 0) is 14.8 Å². The summed E-state index contributed by atoms with van der Waals surface area (Å²) in [5, 5.41) is 2.68. The van der Waals surface area contributed by atoms with Crippen LogP contribution in [0.5, 0.6) is 5.88 Å². The minimum absolute atomic E-state index is 0.216. The van der Waals surface area contributed by atoms with Gasteiger partial charge in [0.05, 0.1) is 35.8 Å². The van der Waals surface area contributed by atoms with Gasteiger partial charge in [-0.25, -0.2) is 17.7 Å². The van der Waals surface area contributed by atoms with E-state index in [1.54, 1.807) is 26.0 Å². The average molecular weight is 389 g/mol. The van der Waals surface area contributed by atoms with E-state index >= 15 is 0 Å². The molecule has 1 aliphatic rings. The molecule has 1 aromatic carbocycles. The molecule has 1 aromatic heterocycles. The predicted octanol–water partition coefficient (Wildman–Crippen LogP) is 2.05. The van der Waals surface area contributed by atoms with Crippen molar-refractivity contribution in [2.24, 2.45) is 5.41 Å². The van der Waals surface area contributed by atoms with Crippen molar-refractivity contribution in [2.75, 3.05) is 22.5 Å².